The quantitative estimate of drug-likeness (QED) is 0.510. The summed E-state index contributed by atoms with van der Waals surface area (Å²) < 4.78 is 1.71. The third kappa shape index (κ3) is 4.20. The minimum atomic E-state index is 0. The Labute approximate surface area is 142 Å². The Bertz CT molecular complexity index is 656. The van der Waals surface area contributed by atoms with Crippen molar-refractivity contribution in [2.24, 2.45) is 0 Å². The van der Waals surface area contributed by atoms with E-state index in [4.69, 9.17) is 22.3 Å². The van der Waals surface area contributed by atoms with Crippen LogP contribution in [0.4, 0.5) is 22.9 Å². The Hall–Kier alpha value is -2.12. The lowest BCUT2D eigenvalue weighted by Gasteiger charge is -2.11. The Morgan fingerprint density at radius 1 is 1.26 bits per heavy atom. The Morgan fingerprint density at radius 3 is 2.52 bits per heavy atom. The summed E-state index contributed by atoms with van der Waals surface area (Å²) >= 11 is 0. The molecule has 0 amide bonds. The highest BCUT2D eigenvalue weighted by Crippen LogP contribution is 2.25. The summed E-state index contributed by atoms with van der Waals surface area (Å²) in [6.07, 6.45) is 0.533. The fourth-order valence-corrected chi connectivity index (χ4v) is 2.33. The van der Waals surface area contributed by atoms with Crippen LogP contribution in [0.1, 0.15) is 31.1 Å². The highest BCUT2D eigenvalue weighted by molar-refractivity contribution is 5.85. The fourth-order valence-electron chi connectivity index (χ4n) is 2.33. The highest BCUT2D eigenvalue weighted by atomic mass is 35.5. The van der Waals surface area contributed by atoms with Crippen LogP contribution in [0.5, 0.6) is 0 Å². The number of aromatic nitrogens is 2. The van der Waals surface area contributed by atoms with Crippen molar-refractivity contribution in [1.82, 2.24) is 9.78 Å². The third-order valence-corrected chi connectivity index (χ3v) is 3.51. The molecular formula is C15H25ClN6O. The molecule has 8 heteroatoms. The number of nitrogens with zero attached hydrogens (tertiary/aromatic N) is 2. The molecule has 2 aromatic rings. The van der Waals surface area contributed by atoms with Crippen LogP contribution in [0.2, 0.25) is 0 Å². The van der Waals surface area contributed by atoms with Gasteiger partial charge in [0.05, 0.1) is 12.2 Å². The summed E-state index contributed by atoms with van der Waals surface area (Å²) in [5, 5.41) is 16.9. The zero-order valence-electron chi connectivity index (χ0n) is 13.4. The molecule has 0 radical (unpaired) electrons. The van der Waals surface area contributed by atoms with Gasteiger partial charge in [-0.25, -0.2) is 4.68 Å². The zero-order chi connectivity index (χ0) is 16.3. The number of benzene rings is 1. The molecule has 7 nitrogen and oxygen atoms in total. The lowest BCUT2D eigenvalue weighted by Crippen LogP contribution is -2.08. The number of nitrogen functional groups attached to an aromatic ring is 3. The van der Waals surface area contributed by atoms with Gasteiger partial charge in [0.2, 0.25) is 0 Å². The van der Waals surface area contributed by atoms with E-state index in [1.165, 1.54) is 0 Å². The van der Waals surface area contributed by atoms with Gasteiger partial charge in [0.25, 0.3) is 0 Å². The molecule has 128 valence electrons. The topological polar surface area (TPSA) is 128 Å². The molecule has 0 bridgehead atoms. The summed E-state index contributed by atoms with van der Waals surface area (Å²) in [4.78, 5) is 0. The molecule has 0 atom stereocenters. The standard InChI is InChI=1S/C15H24N6O.ClH/c1-9(2)21-15(18)14(17)13(20-21)8-19-12-4-3-11(16)7-10(12)5-6-22;/h3-4,7,9,19,22H,5-6,8,16-18H2,1-2H3;1H. The van der Waals surface area contributed by atoms with Crippen LogP contribution in [0, 0.1) is 0 Å². The molecule has 0 saturated heterocycles. The first-order valence-electron chi connectivity index (χ1n) is 7.29. The van der Waals surface area contributed by atoms with Crippen molar-refractivity contribution in [1.29, 1.82) is 0 Å². The summed E-state index contributed by atoms with van der Waals surface area (Å²) in [5.41, 5.74) is 21.5. The molecule has 0 unspecified atom stereocenters. The first-order chi connectivity index (χ1) is 10.4. The van der Waals surface area contributed by atoms with Crippen molar-refractivity contribution >= 4 is 35.3 Å². The number of halogens is 1. The van der Waals surface area contributed by atoms with Crippen molar-refractivity contribution in [3.8, 4) is 0 Å². The van der Waals surface area contributed by atoms with Crippen LogP contribution in [-0.2, 0) is 13.0 Å². The number of nitrogens with two attached hydrogens (primary N) is 3. The van der Waals surface area contributed by atoms with Crippen LogP contribution in [0.15, 0.2) is 18.2 Å². The van der Waals surface area contributed by atoms with Crippen LogP contribution < -0.4 is 22.5 Å². The van der Waals surface area contributed by atoms with Gasteiger partial charge in [0.1, 0.15) is 11.5 Å². The molecule has 2 rings (SSSR count). The maximum absolute atomic E-state index is 9.14. The van der Waals surface area contributed by atoms with Crippen LogP contribution >= 0.6 is 12.4 Å². The van der Waals surface area contributed by atoms with Crippen molar-refractivity contribution in [2.75, 3.05) is 29.1 Å². The fraction of sp³-hybridized carbons (Fsp3) is 0.400. The molecule has 0 aliphatic rings. The number of hydrogen-bond acceptors (Lipinski definition) is 6. The summed E-state index contributed by atoms with van der Waals surface area (Å²) in [5.74, 6) is 0.486. The molecule has 1 heterocycles. The van der Waals surface area contributed by atoms with E-state index in [1.54, 1.807) is 4.68 Å². The molecule has 0 fully saturated rings. The average molecular weight is 341 g/mol. The Balaban J connectivity index is 0.00000264. The van der Waals surface area contributed by atoms with Gasteiger partial charge in [0, 0.05) is 24.0 Å². The molecule has 0 aliphatic heterocycles. The second kappa shape index (κ2) is 7.94. The Morgan fingerprint density at radius 2 is 1.96 bits per heavy atom. The maximum Gasteiger partial charge on any atom is 0.145 e. The van der Waals surface area contributed by atoms with Gasteiger partial charge in [0.15, 0.2) is 0 Å². The van der Waals surface area contributed by atoms with Crippen molar-refractivity contribution in [3.63, 3.8) is 0 Å². The molecule has 0 saturated carbocycles. The highest BCUT2D eigenvalue weighted by Gasteiger charge is 2.14. The van der Waals surface area contributed by atoms with Gasteiger partial charge < -0.3 is 27.6 Å². The smallest absolute Gasteiger partial charge is 0.145 e. The van der Waals surface area contributed by atoms with E-state index in [-0.39, 0.29) is 25.1 Å². The van der Waals surface area contributed by atoms with Gasteiger partial charge in [-0.15, -0.1) is 12.4 Å². The maximum atomic E-state index is 9.14. The number of nitrogens with one attached hydrogen (secondary N) is 1. The van der Waals surface area contributed by atoms with E-state index in [1.807, 2.05) is 32.0 Å². The van der Waals surface area contributed by atoms with E-state index in [0.29, 0.717) is 35.9 Å². The van der Waals surface area contributed by atoms with Gasteiger partial charge >= 0.3 is 0 Å². The predicted octanol–water partition coefficient (Wildman–Crippen LogP) is 1.78. The summed E-state index contributed by atoms with van der Waals surface area (Å²) in [6, 6.07) is 5.70. The van der Waals surface area contributed by atoms with Gasteiger partial charge in [-0.3, -0.25) is 0 Å². The number of anilines is 4. The van der Waals surface area contributed by atoms with E-state index < -0.39 is 0 Å². The second-order valence-electron chi connectivity index (χ2n) is 5.53. The minimum absolute atomic E-state index is 0. The molecule has 0 aliphatic carbocycles. The number of rotatable bonds is 6. The van der Waals surface area contributed by atoms with Crippen LogP contribution in [0.25, 0.3) is 0 Å². The minimum Gasteiger partial charge on any atom is -0.399 e. The first kappa shape index (κ1) is 18.9. The van der Waals surface area contributed by atoms with Crippen LogP contribution in [-0.4, -0.2) is 21.5 Å². The lowest BCUT2D eigenvalue weighted by molar-refractivity contribution is 0.300. The van der Waals surface area contributed by atoms with Crippen molar-refractivity contribution < 1.29 is 5.11 Å². The number of aliphatic hydroxyl groups excluding tert-OH is 1. The molecular weight excluding hydrogens is 316 g/mol. The molecule has 1 aromatic carbocycles. The van der Waals surface area contributed by atoms with Gasteiger partial charge in [-0.05, 0) is 44.0 Å². The zero-order valence-corrected chi connectivity index (χ0v) is 14.2. The molecule has 0 spiro atoms. The van der Waals surface area contributed by atoms with E-state index in [2.05, 4.69) is 10.4 Å². The monoisotopic (exact) mass is 340 g/mol. The van der Waals surface area contributed by atoms with E-state index >= 15 is 0 Å². The van der Waals surface area contributed by atoms with E-state index in [9.17, 15) is 0 Å². The van der Waals surface area contributed by atoms with E-state index in [0.717, 1.165) is 11.3 Å². The molecule has 8 N–H and O–H groups in total. The SMILES string of the molecule is CC(C)n1nc(CNc2ccc(N)cc2CCO)c(N)c1N.Cl. The number of aliphatic hydroxyl groups is 1. The average Bonchev–Trinajstić information content (AvgIpc) is 2.75. The first-order valence-corrected chi connectivity index (χ1v) is 7.29. The van der Waals surface area contributed by atoms with Crippen molar-refractivity contribution in [3.05, 3.63) is 29.5 Å². The normalized spacial score (nSPS) is 10.6. The summed E-state index contributed by atoms with van der Waals surface area (Å²) in [7, 11) is 0. The van der Waals surface area contributed by atoms with Crippen molar-refractivity contribution in [2.45, 2.75) is 32.9 Å². The van der Waals surface area contributed by atoms with Crippen LogP contribution in [0.3, 0.4) is 0 Å². The molecule has 1 aromatic heterocycles. The Kier molecular flexibility index (Phi) is 6.53. The summed E-state index contributed by atoms with van der Waals surface area (Å²) in [6.45, 7) is 4.52. The van der Waals surface area contributed by atoms with Gasteiger partial charge in [-0.2, -0.15) is 5.10 Å². The van der Waals surface area contributed by atoms with Gasteiger partial charge in [-0.1, -0.05) is 0 Å². The number of hydrogen-bond donors (Lipinski definition) is 5. The lowest BCUT2D eigenvalue weighted by atomic mass is 10.1. The third-order valence-electron chi connectivity index (χ3n) is 3.51. The largest absolute Gasteiger partial charge is 0.399 e. The second-order valence-corrected chi connectivity index (χ2v) is 5.53. The predicted molar refractivity (Wildman–Crippen MR) is 97.7 cm³/mol. The molecule has 23 heavy (non-hydrogen) atoms.